The average Bonchev–Trinajstić information content (AvgIpc) is 2.75. The second-order valence-electron chi connectivity index (χ2n) is 7.34. The molecule has 0 saturated carbocycles. The normalized spacial score (nSPS) is 15.5. The summed E-state index contributed by atoms with van der Waals surface area (Å²) in [6.07, 6.45) is 2.12. The van der Waals surface area contributed by atoms with E-state index in [4.69, 9.17) is 10.8 Å². The summed E-state index contributed by atoms with van der Waals surface area (Å²) in [5.74, 6) is -4.25. The molecule has 0 rings (SSSR count). The fourth-order valence-corrected chi connectivity index (χ4v) is 3.34. The van der Waals surface area contributed by atoms with Crippen LogP contribution in [0.3, 0.4) is 0 Å². The van der Waals surface area contributed by atoms with Crippen LogP contribution in [0.25, 0.3) is 0 Å². The van der Waals surface area contributed by atoms with E-state index in [-0.39, 0.29) is 18.1 Å². The molecule has 0 aromatic heterocycles. The van der Waals surface area contributed by atoms with Crippen LogP contribution in [-0.2, 0) is 24.0 Å². The molecule has 0 fully saturated rings. The summed E-state index contributed by atoms with van der Waals surface area (Å²) in [6.45, 7) is 3.60. The highest BCUT2D eigenvalue weighted by atomic mass is 32.2. The molecular formula is C19H34N4O7S2. The number of hydrogen-bond donors (Lipinski definition) is 7. The third kappa shape index (κ3) is 11.0. The summed E-state index contributed by atoms with van der Waals surface area (Å²) in [5, 5.41) is 25.3. The Morgan fingerprint density at radius 1 is 0.969 bits per heavy atom. The van der Waals surface area contributed by atoms with Crippen LogP contribution >= 0.6 is 24.4 Å². The van der Waals surface area contributed by atoms with E-state index in [0.29, 0.717) is 18.6 Å². The molecule has 0 aliphatic carbocycles. The number of nitrogens with two attached hydrogens (primary N) is 1. The van der Waals surface area contributed by atoms with Crippen LogP contribution in [0.1, 0.15) is 39.5 Å². The van der Waals surface area contributed by atoms with Crippen molar-refractivity contribution in [1.82, 2.24) is 16.0 Å². The predicted molar refractivity (Wildman–Crippen MR) is 125 cm³/mol. The maximum atomic E-state index is 12.8. The van der Waals surface area contributed by atoms with Gasteiger partial charge in [0, 0.05) is 12.2 Å². The molecule has 0 aromatic carbocycles. The Kier molecular flexibility index (Phi) is 14.8. The van der Waals surface area contributed by atoms with Gasteiger partial charge < -0.3 is 31.9 Å². The highest BCUT2D eigenvalue weighted by molar-refractivity contribution is 7.98. The molecule has 32 heavy (non-hydrogen) atoms. The molecule has 0 aromatic rings. The van der Waals surface area contributed by atoms with Gasteiger partial charge in [-0.1, -0.05) is 20.3 Å². The molecule has 11 nitrogen and oxygen atoms in total. The van der Waals surface area contributed by atoms with E-state index in [1.807, 2.05) is 13.2 Å². The van der Waals surface area contributed by atoms with Crippen molar-refractivity contribution in [3.05, 3.63) is 0 Å². The maximum absolute atomic E-state index is 12.8. The van der Waals surface area contributed by atoms with Crippen molar-refractivity contribution in [2.24, 2.45) is 11.7 Å². The van der Waals surface area contributed by atoms with Gasteiger partial charge in [0.15, 0.2) is 0 Å². The Morgan fingerprint density at radius 2 is 1.56 bits per heavy atom. The topological polar surface area (TPSA) is 188 Å². The summed E-state index contributed by atoms with van der Waals surface area (Å²) in [6, 6.07) is -4.36. The van der Waals surface area contributed by atoms with Gasteiger partial charge in [-0.15, -0.1) is 0 Å². The largest absolute Gasteiger partial charge is 0.481 e. The minimum atomic E-state index is -1.43. The van der Waals surface area contributed by atoms with Crippen LogP contribution in [0.5, 0.6) is 0 Å². The second-order valence-corrected chi connectivity index (χ2v) is 8.69. The Balaban J connectivity index is 5.24. The van der Waals surface area contributed by atoms with Gasteiger partial charge in [0.25, 0.3) is 0 Å². The molecule has 0 bridgehead atoms. The SMILES string of the molecule is CCC(C)C(NC(=O)C(N)CCSC)C(=O)NC(CS)C(=O)NC(CCC(=O)O)C(=O)O. The van der Waals surface area contributed by atoms with Gasteiger partial charge in [-0.05, 0) is 30.8 Å². The van der Waals surface area contributed by atoms with E-state index in [1.54, 1.807) is 18.7 Å². The van der Waals surface area contributed by atoms with Crippen molar-refractivity contribution in [3.8, 4) is 0 Å². The molecule has 13 heteroatoms. The Bertz CT molecular complexity index is 666. The van der Waals surface area contributed by atoms with Crippen LogP contribution < -0.4 is 21.7 Å². The lowest BCUT2D eigenvalue weighted by molar-refractivity contribution is -0.143. The van der Waals surface area contributed by atoms with E-state index in [2.05, 4.69) is 28.6 Å². The van der Waals surface area contributed by atoms with E-state index >= 15 is 0 Å². The van der Waals surface area contributed by atoms with Crippen molar-refractivity contribution >= 4 is 54.1 Å². The first-order chi connectivity index (χ1) is 15.0. The van der Waals surface area contributed by atoms with E-state index in [1.165, 1.54) is 0 Å². The number of carboxylic acids is 2. The number of thiol groups is 1. The number of rotatable bonds is 16. The Labute approximate surface area is 197 Å². The van der Waals surface area contributed by atoms with Gasteiger partial charge in [0.1, 0.15) is 18.1 Å². The van der Waals surface area contributed by atoms with Crippen LogP contribution in [0.15, 0.2) is 0 Å². The third-order valence-corrected chi connectivity index (χ3v) is 5.85. The summed E-state index contributed by atoms with van der Waals surface area (Å²) in [7, 11) is 0. The number of nitrogens with one attached hydrogen (secondary N) is 3. The maximum Gasteiger partial charge on any atom is 0.326 e. The van der Waals surface area contributed by atoms with Crippen LogP contribution in [0.2, 0.25) is 0 Å². The first-order valence-corrected chi connectivity index (χ1v) is 12.2. The Morgan fingerprint density at radius 3 is 2.03 bits per heavy atom. The number of carbonyl (C=O) groups is 5. The Hall–Kier alpha value is -1.99. The summed E-state index contributed by atoms with van der Waals surface area (Å²) in [4.78, 5) is 59.7. The number of hydrogen-bond acceptors (Lipinski definition) is 8. The van der Waals surface area contributed by atoms with E-state index < -0.39 is 60.2 Å². The summed E-state index contributed by atoms with van der Waals surface area (Å²) in [5.41, 5.74) is 5.87. The second kappa shape index (κ2) is 15.8. The minimum absolute atomic E-state index is 0.142. The van der Waals surface area contributed by atoms with Crippen molar-refractivity contribution in [2.45, 2.75) is 63.7 Å². The van der Waals surface area contributed by atoms with Gasteiger partial charge in [-0.3, -0.25) is 19.2 Å². The van der Waals surface area contributed by atoms with Crippen molar-refractivity contribution < 1.29 is 34.2 Å². The number of thioether (sulfide) groups is 1. The summed E-state index contributed by atoms with van der Waals surface area (Å²) < 4.78 is 0. The molecule has 3 amide bonds. The van der Waals surface area contributed by atoms with Gasteiger partial charge in [-0.25, -0.2) is 4.79 Å². The number of amides is 3. The zero-order valence-corrected chi connectivity index (χ0v) is 20.2. The van der Waals surface area contributed by atoms with Crippen molar-refractivity contribution in [3.63, 3.8) is 0 Å². The molecule has 0 saturated heterocycles. The summed E-state index contributed by atoms with van der Waals surface area (Å²) >= 11 is 5.59. The fraction of sp³-hybridized carbons (Fsp3) is 0.737. The molecule has 0 spiro atoms. The van der Waals surface area contributed by atoms with Crippen LogP contribution in [0, 0.1) is 5.92 Å². The highest BCUT2D eigenvalue weighted by Crippen LogP contribution is 2.10. The average molecular weight is 495 g/mol. The molecule has 7 N–H and O–H groups in total. The predicted octanol–water partition coefficient (Wildman–Crippen LogP) is -0.553. The standard InChI is InChI=1S/C19H34N4O7S2/c1-4-10(2)15(23-16(26)11(20)7-8-32-3)18(28)22-13(9-31)17(27)21-12(19(29)30)5-6-14(24)25/h10-13,15,31H,4-9,20H2,1-3H3,(H,21,27)(H,22,28)(H,23,26)(H,24,25)(H,29,30). The van der Waals surface area contributed by atoms with E-state index in [0.717, 1.165) is 0 Å². The smallest absolute Gasteiger partial charge is 0.326 e. The van der Waals surface area contributed by atoms with Gasteiger partial charge in [0.05, 0.1) is 6.04 Å². The zero-order valence-electron chi connectivity index (χ0n) is 18.5. The highest BCUT2D eigenvalue weighted by Gasteiger charge is 2.32. The van der Waals surface area contributed by atoms with Gasteiger partial charge >= 0.3 is 11.9 Å². The van der Waals surface area contributed by atoms with Gasteiger partial charge in [-0.2, -0.15) is 24.4 Å². The lowest BCUT2D eigenvalue weighted by Gasteiger charge is -2.27. The third-order valence-electron chi connectivity index (χ3n) is 4.84. The monoisotopic (exact) mass is 494 g/mol. The number of carbonyl (C=O) groups excluding carboxylic acids is 3. The molecule has 5 atom stereocenters. The first-order valence-electron chi connectivity index (χ1n) is 10.2. The van der Waals surface area contributed by atoms with Crippen molar-refractivity contribution in [2.75, 3.05) is 17.8 Å². The van der Waals surface area contributed by atoms with E-state index in [9.17, 15) is 29.1 Å². The molecule has 0 heterocycles. The minimum Gasteiger partial charge on any atom is -0.481 e. The van der Waals surface area contributed by atoms with Crippen LogP contribution in [-0.4, -0.2) is 81.8 Å². The van der Waals surface area contributed by atoms with Crippen molar-refractivity contribution in [1.29, 1.82) is 0 Å². The molecule has 0 aliphatic heterocycles. The first kappa shape index (κ1) is 30.0. The van der Waals surface area contributed by atoms with Gasteiger partial charge in [0.2, 0.25) is 17.7 Å². The molecule has 5 unspecified atom stereocenters. The quantitative estimate of drug-likeness (QED) is 0.138. The molecule has 0 radical (unpaired) electrons. The number of carboxylic acid groups (broad SMARTS) is 2. The molecule has 0 aliphatic rings. The lowest BCUT2D eigenvalue weighted by Crippen LogP contribution is -2.59. The van der Waals surface area contributed by atoms with Crippen LogP contribution in [0.4, 0.5) is 0 Å². The number of aliphatic carboxylic acids is 2. The lowest BCUT2D eigenvalue weighted by atomic mass is 9.97. The fourth-order valence-electron chi connectivity index (χ4n) is 2.59. The molecule has 184 valence electrons. The zero-order chi connectivity index (χ0) is 24.8. The molecular weight excluding hydrogens is 460 g/mol.